The Kier molecular flexibility index (Phi) is 9.64. The predicted octanol–water partition coefficient (Wildman–Crippen LogP) is 6.88. The Morgan fingerprint density at radius 1 is 1.06 bits per heavy atom. The zero-order valence-electron chi connectivity index (χ0n) is 20.9. The molecule has 0 fully saturated rings. The highest BCUT2D eigenvalue weighted by Crippen LogP contribution is 2.40. The number of unbranched alkanes of at least 4 members (excludes halogenated alkanes) is 1. The number of carbonyl (C=O) groups excluding carboxylic acids is 2. The maximum atomic E-state index is 13.4. The van der Waals surface area contributed by atoms with Crippen LogP contribution in [0.5, 0.6) is 11.5 Å². The summed E-state index contributed by atoms with van der Waals surface area (Å²) in [5.41, 5.74) is 2.26. The molecule has 0 aliphatic heterocycles. The lowest BCUT2D eigenvalue weighted by Crippen LogP contribution is -2.11. The Morgan fingerprint density at radius 3 is 2.47 bits per heavy atom. The van der Waals surface area contributed by atoms with Crippen molar-refractivity contribution >= 4 is 34.3 Å². The molecule has 6 nitrogen and oxygen atoms in total. The molecule has 0 radical (unpaired) electrons. The van der Waals surface area contributed by atoms with Crippen molar-refractivity contribution in [3.8, 4) is 22.6 Å². The van der Waals surface area contributed by atoms with E-state index in [2.05, 4.69) is 12.2 Å². The molecule has 8 heteroatoms. The molecule has 1 N–H and O–H groups in total. The quantitative estimate of drug-likeness (QED) is 0.173. The summed E-state index contributed by atoms with van der Waals surface area (Å²) in [6, 6.07) is 11.3. The summed E-state index contributed by atoms with van der Waals surface area (Å²) in [6.07, 6.45) is 5.03. The molecule has 0 aliphatic rings. The molecule has 1 heterocycles. The standard InChI is InChI=1S/C28H30FNO5S/c1-5-7-16-35-22-14-8-19(17-23(22)34-6-2)9-15-24(31)30-27-26(28(32)33-4)25(18(3)36-27)20-10-12-21(29)13-11-20/h8-15,17H,5-7,16H2,1-4H3,(H,30,31)/b15-9+. The number of aryl methyl sites for hydroxylation is 1. The molecule has 0 atom stereocenters. The second-order valence-corrected chi connectivity index (χ2v) is 9.12. The molecule has 0 spiro atoms. The van der Waals surface area contributed by atoms with E-state index in [9.17, 15) is 14.0 Å². The molecule has 36 heavy (non-hydrogen) atoms. The van der Waals surface area contributed by atoms with Gasteiger partial charge in [-0.25, -0.2) is 9.18 Å². The van der Waals surface area contributed by atoms with Crippen LogP contribution in [0, 0.1) is 12.7 Å². The third-order valence-corrected chi connectivity index (χ3v) is 6.31. The van der Waals surface area contributed by atoms with Gasteiger partial charge in [-0.2, -0.15) is 0 Å². The van der Waals surface area contributed by atoms with Crippen LogP contribution in [0.2, 0.25) is 0 Å². The van der Waals surface area contributed by atoms with Crippen molar-refractivity contribution in [1.29, 1.82) is 0 Å². The second kappa shape index (κ2) is 12.9. The molecule has 0 bridgehead atoms. The van der Waals surface area contributed by atoms with Crippen LogP contribution in [-0.2, 0) is 9.53 Å². The molecule has 190 valence electrons. The highest BCUT2D eigenvalue weighted by atomic mass is 32.1. The molecule has 0 saturated carbocycles. The van der Waals surface area contributed by atoms with Gasteiger partial charge in [0, 0.05) is 16.5 Å². The van der Waals surface area contributed by atoms with E-state index in [1.807, 2.05) is 32.0 Å². The van der Waals surface area contributed by atoms with Crippen LogP contribution in [0.1, 0.15) is 47.5 Å². The van der Waals surface area contributed by atoms with E-state index < -0.39 is 11.9 Å². The highest BCUT2D eigenvalue weighted by Gasteiger charge is 2.24. The van der Waals surface area contributed by atoms with Gasteiger partial charge in [0.05, 0.1) is 20.3 Å². The zero-order chi connectivity index (χ0) is 26.1. The Balaban J connectivity index is 1.82. The van der Waals surface area contributed by atoms with Crippen LogP contribution in [0.3, 0.4) is 0 Å². The van der Waals surface area contributed by atoms with Gasteiger partial charge in [0.25, 0.3) is 0 Å². The highest BCUT2D eigenvalue weighted by molar-refractivity contribution is 7.17. The fourth-order valence-corrected chi connectivity index (χ4v) is 4.63. The van der Waals surface area contributed by atoms with Crippen LogP contribution < -0.4 is 14.8 Å². The Hall–Kier alpha value is -3.65. The lowest BCUT2D eigenvalue weighted by atomic mass is 10.0. The molecule has 0 aliphatic carbocycles. The Labute approximate surface area is 214 Å². The number of benzene rings is 2. The monoisotopic (exact) mass is 511 g/mol. The minimum Gasteiger partial charge on any atom is -0.490 e. The van der Waals surface area contributed by atoms with Gasteiger partial charge < -0.3 is 19.5 Å². The van der Waals surface area contributed by atoms with E-state index in [1.165, 1.54) is 36.7 Å². The summed E-state index contributed by atoms with van der Waals surface area (Å²) in [6.45, 7) is 6.93. The van der Waals surface area contributed by atoms with Gasteiger partial charge in [-0.1, -0.05) is 31.5 Å². The van der Waals surface area contributed by atoms with Gasteiger partial charge in [0.1, 0.15) is 16.4 Å². The molecular weight excluding hydrogens is 481 g/mol. The summed E-state index contributed by atoms with van der Waals surface area (Å²) in [4.78, 5) is 26.2. The predicted molar refractivity (Wildman–Crippen MR) is 141 cm³/mol. The Bertz CT molecular complexity index is 1230. The normalized spacial score (nSPS) is 10.9. The van der Waals surface area contributed by atoms with Crippen LogP contribution >= 0.6 is 11.3 Å². The first-order chi connectivity index (χ1) is 17.4. The largest absolute Gasteiger partial charge is 0.490 e. The van der Waals surface area contributed by atoms with Crippen molar-refractivity contribution < 1.29 is 28.2 Å². The summed E-state index contributed by atoms with van der Waals surface area (Å²) in [5, 5.41) is 3.15. The van der Waals surface area contributed by atoms with Crippen molar-refractivity contribution in [2.75, 3.05) is 25.6 Å². The molecule has 0 unspecified atom stereocenters. The minimum atomic E-state index is -0.585. The van der Waals surface area contributed by atoms with Crippen LogP contribution in [0.4, 0.5) is 9.39 Å². The summed E-state index contributed by atoms with van der Waals surface area (Å²) in [5.74, 6) is -0.0943. The number of rotatable bonds is 11. The van der Waals surface area contributed by atoms with Crippen LogP contribution in [0.15, 0.2) is 48.5 Å². The lowest BCUT2D eigenvalue weighted by Gasteiger charge is -2.12. The third-order valence-electron chi connectivity index (χ3n) is 5.29. The number of carbonyl (C=O) groups is 2. The number of methoxy groups -OCH3 is 1. The smallest absolute Gasteiger partial charge is 0.341 e. The van der Waals surface area contributed by atoms with Crippen molar-refractivity contribution in [3.05, 3.63) is 70.4 Å². The maximum Gasteiger partial charge on any atom is 0.341 e. The molecule has 0 saturated heterocycles. The second-order valence-electron chi connectivity index (χ2n) is 7.90. The van der Waals surface area contributed by atoms with E-state index in [0.29, 0.717) is 40.8 Å². The zero-order valence-corrected chi connectivity index (χ0v) is 21.7. The van der Waals surface area contributed by atoms with Gasteiger partial charge >= 0.3 is 5.97 Å². The number of nitrogens with one attached hydrogen (secondary N) is 1. The van der Waals surface area contributed by atoms with Crippen molar-refractivity contribution in [3.63, 3.8) is 0 Å². The van der Waals surface area contributed by atoms with Gasteiger partial charge in [0.2, 0.25) is 5.91 Å². The molecule has 1 amide bonds. The minimum absolute atomic E-state index is 0.237. The van der Waals surface area contributed by atoms with Crippen molar-refractivity contribution in [2.24, 2.45) is 0 Å². The third kappa shape index (κ3) is 6.73. The van der Waals surface area contributed by atoms with Gasteiger partial charge in [-0.05, 0) is 61.7 Å². The van der Waals surface area contributed by atoms with E-state index in [0.717, 1.165) is 23.3 Å². The first-order valence-corrected chi connectivity index (χ1v) is 12.6. The fourth-order valence-electron chi connectivity index (χ4n) is 3.56. The number of hydrogen-bond acceptors (Lipinski definition) is 6. The average Bonchev–Trinajstić information content (AvgIpc) is 3.19. The van der Waals surface area contributed by atoms with Gasteiger partial charge in [0.15, 0.2) is 11.5 Å². The van der Waals surface area contributed by atoms with Crippen molar-refractivity contribution in [2.45, 2.75) is 33.6 Å². The van der Waals surface area contributed by atoms with E-state index in [1.54, 1.807) is 18.2 Å². The summed E-state index contributed by atoms with van der Waals surface area (Å²) in [7, 11) is 1.28. The number of hydrogen-bond donors (Lipinski definition) is 1. The van der Waals surface area contributed by atoms with E-state index in [-0.39, 0.29) is 11.4 Å². The fraction of sp³-hybridized carbons (Fsp3) is 0.286. The number of amides is 1. The molecule has 3 rings (SSSR count). The molecule has 2 aromatic carbocycles. The number of halogens is 1. The summed E-state index contributed by atoms with van der Waals surface area (Å²) >= 11 is 1.26. The first kappa shape index (κ1) is 26.9. The average molecular weight is 512 g/mol. The van der Waals surface area contributed by atoms with Gasteiger partial charge in [-0.15, -0.1) is 11.3 Å². The maximum absolute atomic E-state index is 13.4. The van der Waals surface area contributed by atoms with E-state index >= 15 is 0 Å². The number of ether oxygens (including phenoxy) is 3. The van der Waals surface area contributed by atoms with Crippen LogP contribution in [0.25, 0.3) is 17.2 Å². The van der Waals surface area contributed by atoms with Crippen LogP contribution in [-0.4, -0.2) is 32.2 Å². The topological polar surface area (TPSA) is 73.9 Å². The van der Waals surface area contributed by atoms with Crippen molar-refractivity contribution in [1.82, 2.24) is 0 Å². The number of thiophene rings is 1. The molecule has 1 aromatic heterocycles. The van der Waals surface area contributed by atoms with E-state index in [4.69, 9.17) is 14.2 Å². The number of esters is 1. The lowest BCUT2D eigenvalue weighted by molar-refractivity contribution is -0.111. The van der Waals surface area contributed by atoms with Gasteiger partial charge in [-0.3, -0.25) is 4.79 Å². The number of anilines is 1. The first-order valence-electron chi connectivity index (χ1n) is 11.7. The molecule has 3 aromatic rings. The Morgan fingerprint density at radius 2 is 1.81 bits per heavy atom. The SMILES string of the molecule is CCCCOc1ccc(/C=C/C(=O)Nc2sc(C)c(-c3ccc(F)cc3)c2C(=O)OC)cc1OCC. The summed E-state index contributed by atoms with van der Waals surface area (Å²) < 4.78 is 29.9. The molecular formula is C28H30FNO5S.